The predicted molar refractivity (Wildman–Crippen MR) is 63.9 cm³/mol. The van der Waals surface area contributed by atoms with E-state index in [0.29, 0.717) is 0 Å². The molecule has 0 aliphatic rings. The van der Waals surface area contributed by atoms with Gasteiger partial charge < -0.3 is 10.4 Å². The topological polar surface area (TPSA) is 75.1 Å². The van der Waals surface area contributed by atoms with E-state index >= 15 is 0 Å². The second kappa shape index (κ2) is 4.79. The normalized spacial score (nSPS) is 10.1. The first-order valence-electron chi connectivity index (χ1n) is 5.16. The summed E-state index contributed by atoms with van der Waals surface area (Å²) in [5.41, 5.74) is 0.170. The van der Waals surface area contributed by atoms with Crippen molar-refractivity contribution in [2.45, 2.75) is 0 Å². The van der Waals surface area contributed by atoms with Gasteiger partial charge in [0.15, 0.2) is 5.82 Å². The highest BCUT2D eigenvalue weighted by atomic mass is 19.1. The van der Waals surface area contributed by atoms with Crippen LogP contribution in [0.15, 0.2) is 30.5 Å². The largest absolute Gasteiger partial charge is 0.477 e. The lowest BCUT2D eigenvalue weighted by Gasteiger charge is -2.07. The van der Waals surface area contributed by atoms with Crippen molar-refractivity contribution in [1.82, 2.24) is 9.97 Å². The Morgan fingerprint density at radius 3 is 2.72 bits per heavy atom. The van der Waals surface area contributed by atoms with E-state index in [9.17, 15) is 9.18 Å². The van der Waals surface area contributed by atoms with Crippen LogP contribution < -0.4 is 5.32 Å². The van der Waals surface area contributed by atoms with Crippen molar-refractivity contribution in [3.05, 3.63) is 41.8 Å². The number of carbonyl (C=O) groups is 1. The molecule has 92 valence electrons. The van der Waals surface area contributed by atoms with Crippen LogP contribution in [0.3, 0.4) is 0 Å². The molecule has 0 saturated carbocycles. The van der Waals surface area contributed by atoms with Crippen molar-refractivity contribution < 1.29 is 14.3 Å². The predicted octanol–water partition coefficient (Wildman–Crippen LogP) is 2.02. The minimum Gasteiger partial charge on any atom is -0.477 e. The van der Waals surface area contributed by atoms with Gasteiger partial charge in [-0.3, -0.25) is 0 Å². The van der Waals surface area contributed by atoms with Gasteiger partial charge in [-0.15, -0.1) is 0 Å². The van der Waals surface area contributed by atoms with Gasteiger partial charge in [0.2, 0.25) is 0 Å². The minimum absolute atomic E-state index is 0.0578. The molecular formula is C12H10FN3O2. The smallest absolute Gasteiger partial charge is 0.341 e. The number of nitrogens with zero attached hydrogens (tertiary/aromatic N) is 2. The molecule has 6 heteroatoms. The molecule has 0 atom stereocenters. The highest BCUT2D eigenvalue weighted by Gasteiger charge is 2.14. The van der Waals surface area contributed by atoms with Crippen LogP contribution in [0.2, 0.25) is 0 Å². The van der Waals surface area contributed by atoms with Gasteiger partial charge in [-0.2, -0.15) is 0 Å². The van der Waals surface area contributed by atoms with Gasteiger partial charge in [0, 0.05) is 13.2 Å². The zero-order chi connectivity index (χ0) is 13.1. The number of nitrogens with one attached hydrogen (secondary N) is 1. The van der Waals surface area contributed by atoms with Gasteiger partial charge in [0.25, 0.3) is 0 Å². The summed E-state index contributed by atoms with van der Waals surface area (Å²) >= 11 is 0. The van der Waals surface area contributed by atoms with Crippen molar-refractivity contribution in [3.63, 3.8) is 0 Å². The molecule has 2 rings (SSSR count). The van der Waals surface area contributed by atoms with Crippen LogP contribution in [0, 0.1) is 5.82 Å². The van der Waals surface area contributed by atoms with E-state index in [2.05, 4.69) is 15.3 Å². The summed E-state index contributed by atoms with van der Waals surface area (Å²) in [6, 6.07) is 6.04. The molecule has 0 spiro atoms. The minimum atomic E-state index is -1.14. The van der Waals surface area contributed by atoms with Gasteiger partial charge in [0.05, 0.1) is 5.56 Å². The molecule has 18 heavy (non-hydrogen) atoms. The maximum absolute atomic E-state index is 13.6. The van der Waals surface area contributed by atoms with E-state index in [1.165, 1.54) is 12.1 Å². The molecule has 0 fully saturated rings. The Morgan fingerprint density at radius 1 is 1.39 bits per heavy atom. The average molecular weight is 247 g/mol. The summed E-state index contributed by atoms with van der Waals surface area (Å²) in [5.74, 6) is -1.31. The number of halogens is 1. The molecule has 0 aliphatic heterocycles. The number of rotatable bonds is 3. The summed E-state index contributed by atoms with van der Waals surface area (Å²) in [7, 11) is 1.54. The van der Waals surface area contributed by atoms with E-state index in [-0.39, 0.29) is 22.8 Å². The zero-order valence-electron chi connectivity index (χ0n) is 9.51. The SMILES string of the molecule is CNc1nc(-c2ccccc2F)ncc1C(=O)O. The average Bonchev–Trinajstić information content (AvgIpc) is 2.38. The van der Waals surface area contributed by atoms with Crippen LogP contribution in [0.1, 0.15) is 10.4 Å². The highest BCUT2D eigenvalue weighted by molar-refractivity contribution is 5.93. The monoisotopic (exact) mass is 247 g/mol. The second-order valence-corrected chi connectivity index (χ2v) is 3.49. The molecule has 2 aromatic rings. The Hall–Kier alpha value is -2.50. The number of hydrogen-bond donors (Lipinski definition) is 2. The number of hydrogen-bond acceptors (Lipinski definition) is 4. The fraction of sp³-hybridized carbons (Fsp3) is 0.0833. The number of aromatic nitrogens is 2. The third-order valence-corrected chi connectivity index (χ3v) is 2.37. The fourth-order valence-electron chi connectivity index (χ4n) is 1.50. The summed E-state index contributed by atoms with van der Waals surface area (Å²) < 4.78 is 13.6. The molecule has 1 heterocycles. The lowest BCUT2D eigenvalue weighted by atomic mass is 10.2. The van der Waals surface area contributed by atoms with Crippen molar-refractivity contribution >= 4 is 11.8 Å². The Kier molecular flexibility index (Phi) is 3.18. The lowest BCUT2D eigenvalue weighted by molar-refractivity contribution is 0.0697. The molecule has 0 amide bonds. The third-order valence-electron chi connectivity index (χ3n) is 2.37. The summed E-state index contributed by atoms with van der Waals surface area (Å²) in [6.45, 7) is 0. The molecule has 0 bridgehead atoms. The Bertz CT molecular complexity index is 602. The fourth-order valence-corrected chi connectivity index (χ4v) is 1.50. The van der Waals surface area contributed by atoms with Crippen LogP contribution in [0.5, 0.6) is 0 Å². The van der Waals surface area contributed by atoms with E-state index in [4.69, 9.17) is 5.11 Å². The number of anilines is 1. The van der Waals surface area contributed by atoms with E-state index < -0.39 is 11.8 Å². The van der Waals surface area contributed by atoms with Crippen molar-refractivity contribution in [2.75, 3.05) is 12.4 Å². The second-order valence-electron chi connectivity index (χ2n) is 3.49. The van der Waals surface area contributed by atoms with Gasteiger partial charge in [-0.1, -0.05) is 12.1 Å². The number of benzene rings is 1. The molecular weight excluding hydrogens is 237 g/mol. The number of carboxylic acids is 1. The summed E-state index contributed by atoms with van der Waals surface area (Å²) in [5, 5.41) is 11.6. The Balaban J connectivity index is 2.55. The quantitative estimate of drug-likeness (QED) is 0.867. The lowest BCUT2D eigenvalue weighted by Crippen LogP contribution is -2.07. The summed E-state index contributed by atoms with van der Waals surface area (Å²) in [4.78, 5) is 18.8. The molecule has 0 aliphatic carbocycles. The van der Waals surface area contributed by atoms with Gasteiger partial charge >= 0.3 is 5.97 Å². The standard InChI is InChI=1S/C12H10FN3O2/c1-14-10-8(12(17)18)6-15-11(16-10)7-4-2-3-5-9(7)13/h2-6H,1H3,(H,17,18)(H,14,15,16). The molecule has 0 saturated heterocycles. The molecule has 1 aromatic carbocycles. The molecule has 1 aromatic heterocycles. The highest BCUT2D eigenvalue weighted by Crippen LogP contribution is 2.21. The van der Waals surface area contributed by atoms with Gasteiger partial charge in [-0.05, 0) is 12.1 Å². The summed E-state index contributed by atoms with van der Waals surface area (Å²) in [6.07, 6.45) is 1.16. The van der Waals surface area contributed by atoms with E-state index in [1.807, 2.05) is 0 Å². The third kappa shape index (κ3) is 2.13. The van der Waals surface area contributed by atoms with Crippen LogP contribution in [-0.2, 0) is 0 Å². The van der Waals surface area contributed by atoms with Gasteiger partial charge in [0.1, 0.15) is 17.2 Å². The van der Waals surface area contributed by atoms with Gasteiger partial charge in [-0.25, -0.2) is 19.2 Å². The number of carboxylic acid groups (broad SMARTS) is 1. The first kappa shape index (κ1) is 12.0. The molecule has 5 nitrogen and oxygen atoms in total. The van der Waals surface area contributed by atoms with Crippen molar-refractivity contribution in [2.24, 2.45) is 0 Å². The van der Waals surface area contributed by atoms with Crippen molar-refractivity contribution in [3.8, 4) is 11.4 Å². The Morgan fingerprint density at radius 2 is 2.11 bits per heavy atom. The zero-order valence-corrected chi connectivity index (χ0v) is 9.51. The first-order chi connectivity index (χ1) is 8.63. The van der Waals surface area contributed by atoms with Crippen LogP contribution in [-0.4, -0.2) is 28.1 Å². The molecule has 0 unspecified atom stereocenters. The molecule has 2 N–H and O–H groups in total. The Labute approximate surface area is 102 Å². The van der Waals surface area contributed by atoms with E-state index in [1.54, 1.807) is 19.2 Å². The first-order valence-corrected chi connectivity index (χ1v) is 5.16. The van der Waals surface area contributed by atoms with Crippen LogP contribution in [0.4, 0.5) is 10.2 Å². The maximum atomic E-state index is 13.6. The molecule has 0 radical (unpaired) electrons. The van der Waals surface area contributed by atoms with E-state index in [0.717, 1.165) is 6.20 Å². The maximum Gasteiger partial charge on any atom is 0.341 e. The van der Waals surface area contributed by atoms with Crippen LogP contribution >= 0.6 is 0 Å². The number of aromatic carboxylic acids is 1. The van der Waals surface area contributed by atoms with Crippen LogP contribution in [0.25, 0.3) is 11.4 Å². The van der Waals surface area contributed by atoms with Crippen molar-refractivity contribution in [1.29, 1.82) is 0 Å².